The van der Waals surface area contributed by atoms with Crippen LogP contribution in [0.1, 0.15) is 39.5 Å². The van der Waals surface area contributed by atoms with Crippen LogP contribution >= 0.6 is 11.8 Å². The number of aliphatic imine (C=N–C) groups is 1. The van der Waals surface area contributed by atoms with E-state index in [1.54, 1.807) is 4.90 Å². The Hall–Kier alpha value is -1.04. The van der Waals surface area contributed by atoms with Gasteiger partial charge < -0.3 is 4.90 Å². The molecule has 5 nitrogen and oxygen atoms in total. The fourth-order valence-corrected chi connectivity index (χ4v) is 2.44. The SMILES string of the molecule is CCCCN(CCCC)C(=O)C(=O)NC1=NCCS1. The van der Waals surface area contributed by atoms with Crippen molar-refractivity contribution in [3.8, 4) is 0 Å². The molecule has 0 saturated heterocycles. The average molecular weight is 285 g/mol. The summed E-state index contributed by atoms with van der Waals surface area (Å²) in [6.45, 7) is 6.17. The first-order valence-electron chi connectivity index (χ1n) is 6.96. The highest BCUT2D eigenvalue weighted by Crippen LogP contribution is 2.09. The molecule has 0 aromatic rings. The lowest BCUT2D eigenvalue weighted by molar-refractivity contribution is -0.145. The van der Waals surface area contributed by atoms with Crippen LogP contribution in [0.25, 0.3) is 0 Å². The van der Waals surface area contributed by atoms with Gasteiger partial charge in [0.15, 0.2) is 5.17 Å². The molecule has 1 N–H and O–H groups in total. The number of thioether (sulfide) groups is 1. The number of carbonyl (C=O) groups excluding carboxylic acids is 2. The molecule has 0 spiro atoms. The van der Waals surface area contributed by atoms with Crippen LogP contribution in [0.3, 0.4) is 0 Å². The van der Waals surface area contributed by atoms with E-state index in [4.69, 9.17) is 0 Å². The van der Waals surface area contributed by atoms with E-state index in [0.29, 0.717) is 24.8 Å². The second-order valence-corrected chi connectivity index (χ2v) is 5.57. The molecule has 2 amide bonds. The van der Waals surface area contributed by atoms with Crippen LogP contribution in [-0.4, -0.2) is 47.3 Å². The van der Waals surface area contributed by atoms with Crippen LogP contribution < -0.4 is 5.32 Å². The minimum atomic E-state index is -0.555. The average Bonchev–Trinajstić information content (AvgIpc) is 2.91. The summed E-state index contributed by atoms with van der Waals surface area (Å²) in [5.74, 6) is -0.114. The summed E-state index contributed by atoms with van der Waals surface area (Å²) in [6.07, 6.45) is 3.89. The lowest BCUT2D eigenvalue weighted by atomic mass is 10.2. The van der Waals surface area contributed by atoms with Gasteiger partial charge in [0.1, 0.15) is 0 Å². The fourth-order valence-electron chi connectivity index (χ4n) is 1.72. The van der Waals surface area contributed by atoms with Gasteiger partial charge in [0.05, 0.1) is 6.54 Å². The minimum absolute atomic E-state index is 0.433. The third-order valence-corrected chi connectivity index (χ3v) is 3.74. The van der Waals surface area contributed by atoms with Gasteiger partial charge in [-0.3, -0.25) is 19.9 Å². The van der Waals surface area contributed by atoms with Crippen LogP contribution in [0, 0.1) is 0 Å². The molecule has 0 aromatic heterocycles. The van der Waals surface area contributed by atoms with E-state index in [1.165, 1.54) is 11.8 Å². The third kappa shape index (κ3) is 5.63. The lowest BCUT2D eigenvalue weighted by Gasteiger charge is -2.21. The first kappa shape index (κ1) is 16.0. The highest BCUT2D eigenvalue weighted by Gasteiger charge is 2.23. The van der Waals surface area contributed by atoms with Crippen LogP contribution in [0.4, 0.5) is 0 Å². The molecule has 1 heterocycles. The van der Waals surface area contributed by atoms with Gasteiger partial charge in [0.2, 0.25) is 0 Å². The molecule has 0 aromatic carbocycles. The van der Waals surface area contributed by atoms with Gasteiger partial charge in [-0.15, -0.1) is 0 Å². The molecule has 6 heteroatoms. The number of nitrogens with one attached hydrogen (secondary N) is 1. The van der Waals surface area contributed by atoms with Gasteiger partial charge in [-0.25, -0.2) is 0 Å². The molecule has 0 bridgehead atoms. The van der Waals surface area contributed by atoms with Crippen molar-refractivity contribution in [3.05, 3.63) is 0 Å². The van der Waals surface area contributed by atoms with E-state index in [2.05, 4.69) is 24.2 Å². The molecule has 0 unspecified atom stereocenters. The highest BCUT2D eigenvalue weighted by molar-refractivity contribution is 8.14. The molecular weight excluding hydrogens is 262 g/mol. The maximum Gasteiger partial charge on any atom is 0.315 e. The number of amides is 2. The van der Waals surface area contributed by atoms with E-state index in [9.17, 15) is 9.59 Å². The van der Waals surface area contributed by atoms with Crippen molar-refractivity contribution >= 4 is 28.7 Å². The summed E-state index contributed by atoms with van der Waals surface area (Å²) in [4.78, 5) is 29.7. The van der Waals surface area contributed by atoms with Crippen LogP contribution in [0.5, 0.6) is 0 Å². The predicted octanol–water partition coefficient (Wildman–Crippen LogP) is 1.63. The smallest absolute Gasteiger partial charge is 0.315 e. The Morgan fingerprint density at radius 1 is 1.26 bits per heavy atom. The predicted molar refractivity (Wildman–Crippen MR) is 79.3 cm³/mol. The number of hydrogen-bond acceptors (Lipinski definition) is 4. The van der Waals surface area contributed by atoms with Crippen molar-refractivity contribution in [2.24, 2.45) is 4.99 Å². The second kappa shape index (κ2) is 8.96. The summed E-state index contributed by atoms with van der Waals surface area (Å²) in [5.41, 5.74) is 0. The zero-order chi connectivity index (χ0) is 14.1. The number of nitrogens with zero attached hydrogens (tertiary/aromatic N) is 2. The van der Waals surface area contributed by atoms with Gasteiger partial charge in [-0.1, -0.05) is 38.5 Å². The van der Waals surface area contributed by atoms with E-state index in [1.807, 2.05) is 0 Å². The Labute approximate surface area is 119 Å². The van der Waals surface area contributed by atoms with Crippen LogP contribution in [0.2, 0.25) is 0 Å². The third-order valence-electron chi connectivity index (χ3n) is 2.85. The molecule has 108 valence electrons. The fraction of sp³-hybridized carbons (Fsp3) is 0.769. The summed E-state index contributed by atoms with van der Waals surface area (Å²) in [5, 5.41) is 3.17. The van der Waals surface area contributed by atoms with E-state index < -0.39 is 11.8 Å². The van der Waals surface area contributed by atoms with E-state index in [-0.39, 0.29) is 0 Å². The molecule has 0 radical (unpaired) electrons. The number of amidine groups is 1. The Morgan fingerprint density at radius 2 is 1.89 bits per heavy atom. The van der Waals surface area contributed by atoms with Gasteiger partial charge in [0.25, 0.3) is 0 Å². The summed E-state index contributed by atoms with van der Waals surface area (Å²) in [7, 11) is 0. The maximum atomic E-state index is 12.1. The zero-order valence-electron chi connectivity index (χ0n) is 11.8. The maximum absolute atomic E-state index is 12.1. The van der Waals surface area contributed by atoms with Gasteiger partial charge >= 0.3 is 11.8 Å². The molecule has 0 fully saturated rings. The van der Waals surface area contributed by atoms with Crippen molar-refractivity contribution in [1.29, 1.82) is 0 Å². The molecule has 0 atom stereocenters. The first-order valence-corrected chi connectivity index (χ1v) is 7.95. The molecule has 19 heavy (non-hydrogen) atoms. The highest BCUT2D eigenvalue weighted by atomic mass is 32.2. The van der Waals surface area contributed by atoms with Crippen molar-refractivity contribution < 1.29 is 9.59 Å². The quantitative estimate of drug-likeness (QED) is 0.755. The summed E-state index contributed by atoms with van der Waals surface area (Å²) >= 11 is 1.48. The van der Waals surface area contributed by atoms with Crippen molar-refractivity contribution in [1.82, 2.24) is 10.2 Å². The largest absolute Gasteiger partial charge is 0.334 e. The van der Waals surface area contributed by atoms with Gasteiger partial charge in [-0.05, 0) is 12.8 Å². The second-order valence-electron chi connectivity index (χ2n) is 4.49. The number of rotatable bonds is 6. The Bertz CT molecular complexity index is 337. The van der Waals surface area contributed by atoms with Crippen molar-refractivity contribution in [2.45, 2.75) is 39.5 Å². The normalized spacial score (nSPS) is 14.1. The molecule has 1 rings (SSSR count). The number of hydrogen-bond donors (Lipinski definition) is 1. The van der Waals surface area contributed by atoms with Crippen LogP contribution in [0.15, 0.2) is 4.99 Å². The van der Waals surface area contributed by atoms with Crippen molar-refractivity contribution in [2.75, 3.05) is 25.4 Å². The van der Waals surface area contributed by atoms with Gasteiger partial charge in [0, 0.05) is 18.8 Å². The molecule has 0 aliphatic carbocycles. The molecule has 1 aliphatic rings. The summed E-state index contributed by atoms with van der Waals surface area (Å²) < 4.78 is 0. The van der Waals surface area contributed by atoms with Gasteiger partial charge in [-0.2, -0.15) is 0 Å². The first-order chi connectivity index (χ1) is 9.19. The lowest BCUT2D eigenvalue weighted by Crippen LogP contribution is -2.45. The minimum Gasteiger partial charge on any atom is -0.334 e. The van der Waals surface area contributed by atoms with E-state index >= 15 is 0 Å². The van der Waals surface area contributed by atoms with Crippen molar-refractivity contribution in [3.63, 3.8) is 0 Å². The Kier molecular flexibility index (Phi) is 7.55. The number of unbranched alkanes of at least 4 members (excludes halogenated alkanes) is 2. The standard InChI is InChI=1S/C13H23N3O2S/c1-3-5-8-16(9-6-4-2)12(18)11(17)15-13-14-7-10-19-13/h3-10H2,1-2H3,(H,14,15,17). The molecule has 1 aliphatic heterocycles. The Balaban J connectivity index is 2.50. The summed E-state index contributed by atoms with van der Waals surface area (Å²) in [6, 6.07) is 0. The monoisotopic (exact) mass is 285 g/mol. The Morgan fingerprint density at radius 3 is 2.37 bits per heavy atom. The topological polar surface area (TPSA) is 61.8 Å². The molecular formula is C13H23N3O2S. The van der Waals surface area contributed by atoms with E-state index in [0.717, 1.165) is 31.4 Å². The molecule has 0 saturated carbocycles. The number of carbonyl (C=O) groups is 2. The zero-order valence-corrected chi connectivity index (χ0v) is 12.6. The van der Waals surface area contributed by atoms with Crippen LogP contribution in [-0.2, 0) is 9.59 Å².